The van der Waals surface area contributed by atoms with E-state index in [-0.39, 0.29) is 0 Å². The molecule has 0 atom stereocenters. The zero-order valence-corrected chi connectivity index (χ0v) is 8.87. The summed E-state index contributed by atoms with van der Waals surface area (Å²) in [5.74, 6) is 6.37. The van der Waals surface area contributed by atoms with Crippen LogP contribution in [0.4, 0.5) is 0 Å². The molecule has 0 amide bonds. The molecule has 0 unspecified atom stereocenters. The Morgan fingerprint density at radius 3 is 2.29 bits per heavy atom. The summed E-state index contributed by atoms with van der Waals surface area (Å²) < 4.78 is 0. The fraction of sp³-hybridized carbons (Fsp3) is 0.455. The van der Waals surface area contributed by atoms with Gasteiger partial charge in [0.2, 0.25) is 0 Å². The summed E-state index contributed by atoms with van der Waals surface area (Å²) in [6.45, 7) is 1.99. The maximum atomic E-state index is 5.85. The monoisotopic (exact) mass is 210 g/mol. The van der Waals surface area contributed by atoms with Gasteiger partial charge in [0.15, 0.2) is 0 Å². The van der Waals surface area contributed by atoms with Crippen molar-refractivity contribution in [1.29, 1.82) is 0 Å². The van der Waals surface area contributed by atoms with E-state index < -0.39 is 0 Å². The van der Waals surface area contributed by atoms with Crippen LogP contribution in [0.5, 0.6) is 0 Å². The lowest BCUT2D eigenvalue weighted by molar-refractivity contribution is 0.217. The number of piperidine rings is 1. The summed E-state index contributed by atoms with van der Waals surface area (Å²) in [7, 11) is 0. The fourth-order valence-electron chi connectivity index (χ4n) is 1.97. The highest BCUT2D eigenvalue weighted by molar-refractivity contribution is 6.30. The molecule has 0 saturated carbocycles. The van der Waals surface area contributed by atoms with Crippen molar-refractivity contribution in [2.24, 2.45) is 5.84 Å². The van der Waals surface area contributed by atoms with Gasteiger partial charge in [0.05, 0.1) is 0 Å². The molecule has 1 aromatic carbocycles. The van der Waals surface area contributed by atoms with E-state index >= 15 is 0 Å². The van der Waals surface area contributed by atoms with Crippen LogP contribution in [0.2, 0.25) is 5.02 Å². The normalized spacial score (nSPS) is 19.9. The van der Waals surface area contributed by atoms with Crippen LogP contribution in [0.1, 0.15) is 24.3 Å². The van der Waals surface area contributed by atoms with Crippen LogP contribution in [-0.2, 0) is 0 Å². The molecule has 2 rings (SSSR count). The smallest absolute Gasteiger partial charge is 0.0406 e. The fourth-order valence-corrected chi connectivity index (χ4v) is 2.09. The first-order valence-corrected chi connectivity index (χ1v) is 5.38. The molecule has 1 aliphatic heterocycles. The van der Waals surface area contributed by atoms with Crippen molar-refractivity contribution in [2.75, 3.05) is 13.1 Å². The number of hydrazine groups is 1. The number of halogens is 1. The molecule has 0 bridgehead atoms. The van der Waals surface area contributed by atoms with E-state index in [1.807, 2.05) is 17.1 Å². The summed E-state index contributed by atoms with van der Waals surface area (Å²) in [6, 6.07) is 8.18. The van der Waals surface area contributed by atoms with E-state index in [1.165, 1.54) is 5.56 Å². The summed E-state index contributed by atoms with van der Waals surface area (Å²) in [5, 5.41) is 2.71. The quantitative estimate of drug-likeness (QED) is 0.722. The number of nitrogens with zero attached hydrogens (tertiary/aromatic N) is 1. The minimum atomic E-state index is 0.659. The van der Waals surface area contributed by atoms with Gasteiger partial charge in [-0.2, -0.15) is 0 Å². The summed E-state index contributed by atoms with van der Waals surface area (Å²) in [6.07, 6.45) is 2.30. The maximum Gasteiger partial charge on any atom is 0.0406 e. The Morgan fingerprint density at radius 1 is 1.14 bits per heavy atom. The number of nitrogens with two attached hydrogens (primary N) is 1. The highest BCUT2D eigenvalue weighted by Gasteiger charge is 2.18. The third-order valence-corrected chi connectivity index (χ3v) is 3.12. The molecule has 2 N–H and O–H groups in total. The van der Waals surface area contributed by atoms with E-state index in [0.29, 0.717) is 5.92 Å². The molecule has 14 heavy (non-hydrogen) atoms. The molecular weight excluding hydrogens is 196 g/mol. The summed E-state index contributed by atoms with van der Waals surface area (Å²) in [5.41, 5.74) is 1.39. The molecule has 0 spiro atoms. The average molecular weight is 211 g/mol. The van der Waals surface area contributed by atoms with E-state index in [1.54, 1.807) is 0 Å². The van der Waals surface area contributed by atoms with Gasteiger partial charge < -0.3 is 0 Å². The summed E-state index contributed by atoms with van der Waals surface area (Å²) in [4.78, 5) is 0. The molecule has 1 aromatic rings. The van der Waals surface area contributed by atoms with Crippen LogP contribution >= 0.6 is 11.6 Å². The van der Waals surface area contributed by atoms with Crippen molar-refractivity contribution < 1.29 is 0 Å². The van der Waals surface area contributed by atoms with Crippen molar-refractivity contribution in [3.63, 3.8) is 0 Å². The molecule has 1 saturated heterocycles. The lowest BCUT2D eigenvalue weighted by Gasteiger charge is -2.28. The minimum Gasteiger partial charge on any atom is -0.269 e. The highest BCUT2D eigenvalue weighted by Crippen LogP contribution is 2.27. The van der Waals surface area contributed by atoms with Crippen LogP contribution in [-0.4, -0.2) is 18.1 Å². The van der Waals surface area contributed by atoms with Crippen LogP contribution in [0.15, 0.2) is 24.3 Å². The molecule has 0 aliphatic carbocycles. The third-order valence-electron chi connectivity index (χ3n) is 2.87. The zero-order valence-electron chi connectivity index (χ0n) is 8.12. The van der Waals surface area contributed by atoms with E-state index in [2.05, 4.69) is 12.1 Å². The van der Waals surface area contributed by atoms with E-state index in [0.717, 1.165) is 31.0 Å². The molecule has 3 heteroatoms. The SMILES string of the molecule is NN1CCC(c2ccc(Cl)cc2)CC1. The Kier molecular flexibility index (Phi) is 3.06. The van der Waals surface area contributed by atoms with Gasteiger partial charge in [-0.05, 0) is 36.5 Å². The Bertz CT molecular complexity index is 289. The summed E-state index contributed by atoms with van der Waals surface area (Å²) >= 11 is 5.85. The first-order chi connectivity index (χ1) is 6.75. The first-order valence-electron chi connectivity index (χ1n) is 5.01. The Labute approximate surface area is 89.6 Å². The molecule has 2 nitrogen and oxygen atoms in total. The molecule has 0 radical (unpaired) electrons. The van der Waals surface area contributed by atoms with Crippen molar-refractivity contribution in [1.82, 2.24) is 5.01 Å². The molecular formula is C11H15ClN2. The molecule has 1 fully saturated rings. The topological polar surface area (TPSA) is 29.3 Å². The number of rotatable bonds is 1. The minimum absolute atomic E-state index is 0.659. The van der Waals surface area contributed by atoms with Crippen molar-refractivity contribution in [3.8, 4) is 0 Å². The Balaban J connectivity index is 2.05. The van der Waals surface area contributed by atoms with Gasteiger partial charge in [-0.3, -0.25) is 5.84 Å². The predicted molar refractivity (Wildman–Crippen MR) is 59.2 cm³/mol. The van der Waals surface area contributed by atoms with Crippen molar-refractivity contribution in [3.05, 3.63) is 34.9 Å². The van der Waals surface area contributed by atoms with Crippen molar-refractivity contribution >= 4 is 11.6 Å². The van der Waals surface area contributed by atoms with Gasteiger partial charge in [0, 0.05) is 18.1 Å². The van der Waals surface area contributed by atoms with Gasteiger partial charge >= 0.3 is 0 Å². The van der Waals surface area contributed by atoms with Gasteiger partial charge in [0.25, 0.3) is 0 Å². The van der Waals surface area contributed by atoms with Crippen LogP contribution in [0.3, 0.4) is 0 Å². The average Bonchev–Trinajstić information content (AvgIpc) is 2.21. The van der Waals surface area contributed by atoms with E-state index in [9.17, 15) is 0 Å². The third kappa shape index (κ3) is 2.27. The molecule has 76 valence electrons. The second-order valence-corrected chi connectivity index (χ2v) is 4.30. The highest BCUT2D eigenvalue weighted by atomic mass is 35.5. The van der Waals surface area contributed by atoms with Gasteiger partial charge in [0.1, 0.15) is 0 Å². The van der Waals surface area contributed by atoms with Gasteiger partial charge in [-0.25, -0.2) is 5.01 Å². The van der Waals surface area contributed by atoms with Gasteiger partial charge in [-0.15, -0.1) is 0 Å². The van der Waals surface area contributed by atoms with Crippen LogP contribution < -0.4 is 5.84 Å². The lowest BCUT2D eigenvalue weighted by atomic mass is 9.90. The molecule has 1 heterocycles. The van der Waals surface area contributed by atoms with E-state index in [4.69, 9.17) is 17.4 Å². The Hall–Kier alpha value is -0.570. The Morgan fingerprint density at radius 2 is 1.71 bits per heavy atom. The van der Waals surface area contributed by atoms with Gasteiger partial charge in [-0.1, -0.05) is 23.7 Å². The maximum absolute atomic E-state index is 5.85. The second-order valence-electron chi connectivity index (χ2n) is 3.86. The predicted octanol–water partition coefficient (Wildman–Crippen LogP) is 2.39. The van der Waals surface area contributed by atoms with Crippen LogP contribution in [0, 0.1) is 0 Å². The van der Waals surface area contributed by atoms with Crippen molar-refractivity contribution in [2.45, 2.75) is 18.8 Å². The lowest BCUT2D eigenvalue weighted by Crippen LogP contribution is -2.38. The molecule has 1 aliphatic rings. The molecule has 0 aromatic heterocycles. The zero-order chi connectivity index (χ0) is 9.97. The standard InChI is InChI=1S/C11H15ClN2/c12-11-3-1-9(2-4-11)10-5-7-14(13)8-6-10/h1-4,10H,5-8,13H2. The number of benzene rings is 1. The number of hydrogen-bond acceptors (Lipinski definition) is 2. The largest absolute Gasteiger partial charge is 0.269 e. The number of hydrogen-bond donors (Lipinski definition) is 1. The second kappa shape index (κ2) is 4.30. The first kappa shape index (κ1) is 9.97. The van der Waals surface area contributed by atoms with Crippen LogP contribution in [0.25, 0.3) is 0 Å².